The van der Waals surface area contributed by atoms with E-state index in [0.717, 1.165) is 0 Å². The minimum Gasteiger partial charge on any atom is -0.381 e. The second-order valence-electron chi connectivity index (χ2n) is 0.677. The third-order valence-electron chi connectivity index (χ3n) is 0.140. The van der Waals surface area contributed by atoms with Crippen LogP contribution in [0.4, 0.5) is 0 Å². The van der Waals surface area contributed by atoms with Crippen LogP contribution < -0.4 is 0 Å². The summed E-state index contributed by atoms with van der Waals surface area (Å²) in [6.45, 7) is 0. The van der Waals surface area contributed by atoms with Crippen molar-refractivity contribution in [1.29, 1.82) is 0 Å². The third kappa shape index (κ3) is 23.9. The van der Waals surface area contributed by atoms with Crippen molar-refractivity contribution < 1.29 is 28.3 Å². The van der Waals surface area contributed by atoms with E-state index < -0.39 is 16.5 Å². The Bertz CT molecular complexity index is 102. The summed E-state index contributed by atoms with van der Waals surface area (Å²) in [6.07, 6.45) is 0. The molecule has 0 aliphatic heterocycles. The molecular formula is CH5ClO6P2+2. The van der Waals surface area contributed by atoms with Crippen LogP contribution >= 0.6 is 28.1 Å². The van der Waals surface area contributed by atoms with Gasteiger partial charge in [-0.25, -0.2) is 0 Å². The van der Waals surface area contributed by atoms with Crippen LogP contribution in [0.2, 0.25) is 0 Å². The van der Waals surface area contributed by atoms with Crippen LogP contribution in [0.5, 0.6) is 0 Å². The molecule has 0 aromatic heterocycles. The standard InChI is InChI=1S/CH3ClO.O5P2/c2-1-3;1-6(2)5-7(3)4/h3H,1H2;/p+2. The van der Waals surface area contributed by atoms with Gasteiger partial charge in [0.05, 0.1) is 0 Å². The summed E-state index contributed by atoms with van der Waals surface area (Å²) in [5, 5.41) is 7.33. The van der Waals surface area contributed by atoms with Crippen molar-refractivity contribution in [3.63, 3.8) is 0 Å². The maximum Gasteiger partial charge on any atom is 0.745 e. The number of alkyl halides is 1. The number of aliphatic hydroxyl groups excluding tert-OH is 1. The summed E-state index contributed by atoms with van der Waals surface area (Å²) in [7, 11) is -5.85. The molecule has 3 N–H and O–H groups in total. The lowest BCUT2D eigenvalue weighted by Crippen LogP contribution is -1.58. The first kappa shape index (κ1) is 13.0. The first-order valence-electron chi connectivity index (χ1n) is 1.71. The minimum atomic E-state index is -2.92. The normalized spacial score (nSPS) is 11.2. The van der Waals surface area contributed by atoms with Gasteiger partial charge in [0.25, 0.3) is 0 Å². The molecule has 2 atom stereocenters. The Hall–Kier alpha value is 0.330. The summed E-state index contributed by atoms with van der Waals surface area (Å²) in [6, 6.07) is -0.278. The molecule has 0 aromatic rings. The molecule has 10 heavy (non-hydrogen) atoms. The quantitative estimate of drug-likeness (QED) is 0.452. The summed E-state index contributed by atoms with van der Waals surface area (Å²) in [5.41, 5.74) is 0. The number of hydrogen-bond donors (Lipinski definition) is 3. The molecule has 0 aliphatic rings. The highest BCUT2D eigenvalue weighted by Crippen LogP contribution is 2.30. The molecule has 0 amide bonds. The Morgan fingerprint density at radius 2 is 1.50 bits per heavy atom. The molecule has 6 nitrogen and oxygen atoms in total. The van der Waals surface area contributed by atoms with Gasteiger partial charge >= 0.3 is 16.5 Å². The number of aliphatic hydroxyl groups is 1. The van der Waals surface area contributed by atoms with Crippen LogP contribution in [-0.2, 0) is 13.4 Å². The number of halogens is 1. The lowest BCUT2D eigenvalue weighted by Gasteiger charge is -1.50. The Kier molecular flexibility index (Phi) is 12.1. The summed E-state index contributed by atoms with van der Waals surface area (Å²) in [5.74, 6) is 0. The van der Waals surface area contributed by atoms with Gasteiger partial charge in [0.2, 0.25) is 0 Å². The van der Waals surface area contributed by atoms with Crippen molar-refractivity contribution in [3.8, 4) is 0 Å². The molecule has 0 bridgehead atoms. The maximum atomic E-state index is 9.39. The van der Waals surface area contributed by atoms with E-state index in [1.807, 2.05) is 0 Å². The van der Waals surface area contributed by atoms with Gasteiger partial charge in [-0.15, -0.1) is 9.79 Å². The smallest absolute Gasteiger partial charge is 0.381 e. The van der Waals surface area contributed by atoms with Gasteiger partial charge < -0.3 is 5.11 Å². The van der Waals surface area contributed by atoms with E-state index in [9.17, 15) is 9.13 Å². The Labute approximate surface area is 63.3 Å². The van der Waals surface area contributed by atoms with Crippen LogP contribution in [0, 0.1) is 0 Å². The number of rotatable bonds is 2. The highest BCUT2D eigenvalue weighted by atomic mass is 35.5. The highest BCUT2D eigenvalue weighted by molar-refractivity contribution is 7.46. The molecule has 0 aromatic carbocycles. The topological polar surface area (TPSA) is 104 Å². The van der Waals surface area contributed by atoms with Gasteiger partial charge in [-0.3, -0.25) is 0 Å². The van der Waals surface area contributed by atoms with Gasteiger partial charge in [-0.2, -0.15) is 0 Å². The lowest BCUT2D eigenvalue weighted by molar-refractivity contribution is 0.369. The van der Waals surface area contributed by atoms with Crippen LogP contribution in [0.15, 0.2) is 0 Å². The molecule has 0 saturated carbocycles. The largest absolute Gasteiger partial charge is 0.745 e. The van der Waals surface area contributed by atoms with Crippen LogP contribution in [0.3, 0.4) is 0 Å². The zero-order valence-corrected chi connectivity index (χ0v) is 7.09. The fourth-order valence-corrected chi connectivity index (χ4v) is 0.538. The van der Waals surface area contributed by atoms with E-state index in [4.69, 9.17) is 14.9 Å². The van der Waals surface area contributed by atoms with Gasteiger partial charge in [-0.05, 0) is 0 Å². The van der Waals surface area contributed by atoms with Crippen molar-refractivity contribution in [3.05, 3.63) is 0 Å². The molecule has 9 heteroatoms. The fraction of sp³-hybridized carbons (Fsp3) is 1.00. The summed E-state index contributed by atoms with van der Waals surface area (Å²) < 4.78 is 22.2. The average molecular weight is 210 g/mol. The zero-order chi connectivity index (χ0) is 8.57. The maximum absolute atomic E-state index is 9.39. The van der Waals surface area contributed by atoms with Crippen LogP contribution in [0.25, 0.3) is 0 Å². The molecule has 60 valence electrons. The second-order valence-corrected chi connectivity index (χ2v) is 2.52. The molecular weight excluding hydrogens is 205 g/mol. The van der Waals surface area contributed by atoms with Crippen molar-refractivity contribution >= 4 is 28.1 Å². The molecule has 0 saturated heterocycles. The second kappa shape index (κ2) is 9.33. The van der Waals surface area contributed by atoms with Crippen molar-refractivity contribution in [2.45, 2.75) is 0 Å². The van der Waals surface area contributed by atoms with E-state index >= 15 is 0 Å². The number of hydrogen-bond acceptors (Lipinski definition) is 4. The van der Waals surface area contributed by atoms with Crippen LogP contribution in [-0.4, -0.2) is 21.0 Å². The first-order valence-corrected chi connectivity index (χ1v) is 4.51. The molecule has 2 unspecified atom stereocenters. The lowest BCUT2D eigenvalue weighted by atomic mass is 11.7. The van der Waals surface area contributed by atoms with E-state index in [-0.39, 0.29) is 6.07 Å². The Morgan fingerprint density at radius 1 is 1.30 bits per heavy atom. The molecule has 0 aliphatic carbocycles. The van der Waals surface area contributed by atoms with E-state index in [0.29, 0.717) is 0 Å². The SMILES string of the molecule is O=[P+](O)O[P+](=O)O.OCCl. The Morgan fingerprint density at radius 3 is 1.50 bits per heavy atom. The van der Waals surface area contributed by atoms with Gasteiger partial charge in [-0.1, -0.05) is 11.6 Å². The fourth-order valence-electron chi connectivity index (χ4n) is 0.0598. The predicted molar refractivity (Wildman–Crippen MR) is 33.7 cm³/mol. The molecule has 0 rings (SSSR count). The van der Waals surface area contributed by atoms with Crippen molar-refractivity contribution in [1.82, 2.24) is 0 Å². The molecule has 0 fully saturated rings. The van der Waals surface area contributed by atoms with Crippen LogP contribution in [0.1, 0.15) is 0 Å². The Balaban J connectivity index is 0. The summed E-state index contributed by atoms with van der Waals surface area (Å²) >= 11 is 4.55. The average Bonchev–Trinajstić information content (AvgIpc) is 1.62. The zero-order valence-electron chi connectivity index (χ0n) is 4.55. The van der Waals surface area contributed by atoms with Crippen molar-refractivity contribution in [2.24, 2.45) is 0 Å². The predicted octanol–water partition coefficient (Wildman–Crippen LogP) is 0.477. The highest BCUT2D eigenvalue weighted by Gasteiger charge is 2.31. The van der Waals surface area contributed by atoms with Gasteiger partial charge in [0, 0.05) is 9.13 Å². The molecule has 0 spiro atoms. The van der Waals surface area contributed by atoms with E-state index in [1.165, 1.54) is 0 Å². The molecule has 0 heterocycles. The summed E-state index contributed by atoms with van der Waals surface area (Å²) in [4.78, 5) is 15.3. The van der Waals surface area contributed by atoms with Gasteiger partial charge in [0.15, 0.2) is 4.31 Å². The monoisotopic (exact) mass is 210 g/mol. The van der Waals surface area contributed by atoms with Gasteiger partial charge in [0.1, 0.15) is 6.07 Å². The molecule has 0 radical (unpaired) electrons. The van der Waals surface area contributed by atoms with Crippen molar-refractivity contribution in [2.75, 3.05) is 6.07 Å². The van der Waals surface area contributed by atoms with E-state index in [1.54, 1.807) is 0 Å². The first-order chi connectivity index (χ1) is 4.54. The van der Waals surface area contributed by atoms with E-state index in [2.05, 4.69) is 15.9 Å². The third-order valence-corrected chi connectivity index (χ3v) is 1.26. The minimum absolute atomic E-state index is 0.278.